The van der Waals surface area contributed by atoms with Gasteiger partial charge in [0.05, 0.1) is 52.4 Å². The third-order valence-electron chi connectivity index (χ3n) is 8.33. The minimum Gasteiger partial charge on any atom is -0.378 e. The van der Waals surface area contributed by atoms with Crippen LogP contribution in [0.2, 0.25) is 0 Å². The van der Waals surface area contributed by atoms with Gasteiger partial charge in [-0.25, -0.2) is 0 Å². The fraction of sp³-hybridized carbons (Fsp3) is 0.667. The first kappa shape index (κ1) is 44.8. The van der Waals surface area contributed by atoms with Gasteiger partial charge in [0.1, 0.15) is 12.1 Å². The topological polar surface area (TPSA) is 285 Å². The molecule has 2 saturated heterocycles. The van der Waals surface area contributed by atoms with Gasteiger partial charge in [0.15, 0.2) is 0 Å². The highest BCUT2D eigenvalue weighted by molar-refractivity contribution is 6.04. The Hall–Kier alpha value is -5.31. The number of rotatable bonds is 25. The summed E-state index contributed by atoms with van der Waals surface area (Å²) in [4.78, 5) is 135. The van der Waals surface area contributed by atoms with Crippen LogP contribution in [0.25, 0.3) is 0 Å². The van der Waals surface area contributed by atoms with Crippen LogP contribution in [0.15, 0.2) is 0 Å². The molecule has 0 aromatic rings. The highest BCUT2D eigenvalue weighted by Crippen LogP contribution is 2.19. The summed E-state index contributed by atoms with van der Waals surface area (Å²) in [6, 6.07) is -2.65. The van der Waals surface area contributed by atoms with Gasteiger partial charge in [0.2, 0.25) is 65.5 Å². The van der Waals surface area contributed by atoms with E-state index in [1.54, 1.807) is 13.8 Å². The molecule has 0 saturated carbocycles. The van der Waals surface area contributed by atoms with Gasteiger partial charge in [-0.3, -0.25) is 67.9 Å². The first-order valence-corrected chi connectivity index (χ1v) is 17.6. The largest absolute Gasteiger partial charge is 0.378 e. The molecule has 2 aliphatic heterocycles. The van der Waals surface area contributed by atoms with E-state index in [1.165, 1.54) is 7.05 Å². The molecule has 21 heteroatoms. The second-order valence-electron chi connectivity index (χ2n) is 12.6. The summed E-state index contributed by atoms with van der Waals surface area (Å²) in [6.45, 7) is 3.85. The van der Waals surface area contributed by atoms with E-state index in [0.29, 0.717) is 0 Å². The number of imide groups is 3. The Labute approximate surface area is 311 Å². The molecule has 2 aliphatic rings. The van der Waals surface area contributed by atoms with Crippen LogP contribution in [0.4, 0.5) is 0 Å². The SMILES string of the molecule is CNC(=O)C(CC(=O)NCCOCCN1C(=O)CC(C)C1=O)NC(=O)CCCC(=O)NC(CC(=O)NCCOCCN1C(=O)CC(C)C1=O)C(=O)NC=O. The van der Waals surface area contributed by atoms with Gasteiger partial charge >= 0.3 is 0 Å². The summed E-state index contributed by atoms with van der Waals surface area (Å²) in [7, 11) is 1.32. The predicted molar refractivity (Wildman–Crippen MR) is 184 cm³/mol. The van der Waals surface area contributed by atoms with Gasteiger partial charge in [0.25, 0.3) is 0 Å². The predicted octanol–water partition coefficient (Wildman–Crippen LogP) is -4.02. The highest BCUT2D eigenvalue weighted by atomic mass is 16.5. The maximum atomic E-state index is 12.6. The van der Waals surface area contributed by atoms with Gasteiger partial charge in [-0.2, -0.15) is 0 Å². The van der Waals surface area contributed by atoms with Crippen molar-refractivity contribution in [3.8, 4) is 0 Å². The third-order valence-corrected chi connectivity index (χ3v) is 8.33. The Morgan fingerprint density at radius 3 is 1.48 bits per heavy atom. The lowest BCUT2D eigenvalue weighted by Crippen LogP contribution is -2.49. The molecule has 11 amide bonds. The quantitative estimate of drug-likeness (QED) is 0.0294. The summed E-state index contributed by atoms with van der Waals surface area (Å²) < 4.78 is 10.7. The highest BCUT2D eigenvalue weighted by Gasteiger charge is 2.36. The Morgan fingerprint density at radius 1 is 0.685 bits per heavy atom. The molecule has 0 aromatic carbocycles. The van der Waals surface area contributed by atoms with E-state index < -0.39 is 60.4 Å². The van der Waals surface area contributed by atoms with Crippen LogP contribution in [0.5, 0.6) is 0 Å². The van der Waals surface area contributed by atoms with Crippen LogP contribution in [0.1, 0.15) is 58.8 Å². The Morgan fingerprint density at radius 2 is 1.11 bits per heavy atom. The van der Waals surface area contributed by atoms with Crippen molar-refractivity contribution in [3.63, 3.8) is 0 Å². The number of nitrogens with zero attached hydrogens (tertiary/aromatic N) is 2. The van der Waals surface area contributed by atoms with E-state index in [4.69, 9.17) is 9.47 Å². The molecule has 21 nitrogen and oxygen atoms in total. The fourth-order valence-electron chi connectivity index (χ4n) is 5.42. The molecule has 4 atom stereocenters. The van der Waals surface area contributed by atoms with Crippen molar-refractivity contribution in [1.82, 2.24) is 41.7 Å². The molecule has 2 fully saturated rings. The monoisotopic (exact) mass is 766 g/mol. The molecule has 6 N–H and O–H groups in total. The number of ether oxygens (including phenoxy) is 2. The zero-order valence-corrected chi connectivity index (χ0v) is 30.7. The number of carbonyl (C=O) groups is 11. The van der Waals surface area contributed by atoms with Crippen LogP contribution in [-0.4, -0.2) is 147 Å². The molecule has 4 unspecified atom stereocenters. The third kappa shape index (κ3) is 15.3. The first-order chi connectivity index (χ1) is 25.7. The number of carbonyl (C=O) groups excluding carboxylic acids is 11. The van der Waals surface area contributed by atoms with E-state index in [9.17, 15) is 52.7 Å². The fourth-order valence-corrected chi connectivity index (χ4v) is 5.42. The standard InChI is InChI=1S/C33H50N8O13/c1-20-15-28(47)40(32(20)51)9-13-53-11-7-35-26(45)17-22(30(49)34-3)38-24(43)5-4-6-25(44)39-23(31(50)37-19-42)18-27(46)36-8-12-54-14-10-41-29(48)16-21(2)33(41)52/h19-23H,4-18H2,1-3H3,(H,34,49)(H,35,45)(H,36,46)(H,38,43)(H,39,44)(H,37,42,50). The molecule has 2 heterocycles. The first-order valence-electron chi connectivity index (χ1n) is 17.6. The minimum absolute atomic E-state index is 0.0158. The minimum atomic E-state index is -1.42. The Bertz CT molecular complexity index is 1420. The molecule has 0 bridgehead atoms. The lowest BCUT2D eigenvalue weighted by molar-refractivity contribution is -0.141. The molecule has 0 aromatic heterocycles. The number of hydrogen-bond donors (Lipinski definition) is 6. The number of likely N-dealkylation sites (tertiary alicyclic amines) is 2. The van der Waals surface area contributed by atoms with Crippen molar-refractivity contribution in [2.24, 2.45) is 11.8 Å². The number of hydrogen-bond acceptors (Lipinski definition) is 13. The maximum absolute atomic E-state index is 12.6. The van der Waals surface area contributed by atoms with Crippen LogP contribution < -0.4 is 31.9 Å². The van der Waals surface area contributed by atoms with Crippen LogP contribution in [-0.2, 0) is 62.2 Å². The summed E-state index contributed by atoms with van der Waals surface area (Å²) in [5.41, 5.74) is 0. The van der Waals surface area contributed by atoms with Crippen molar-refractivity contribution in [3.05, 3.63) is 0 Å². The van der Waals surface area contributed by atoms with E-state index in [2.05, 4.69) is 26.6 Å². The average molecular weight is 767 g/mol. The molecule has 54 heavy (non-hydrogen) atoms. The van der Waals surface area contributed by atoms with Crippen molar-refractivity contribution >= 4 is 65.5 Å². The Kier molecular flexibility index (Phi) is 19.4. The van der Waals surface area contributed by atoms with Gasteiger partial charge in [-0.15, -0.1) is 0 Å². The van der Waals surface area contributed by atoms with Gasteiger partial charge in [-0.05, 0) is 6.42 Å². The van der Waals surface area contributed by atoms with E-state index in [1.807, 2.05) is 5.32 Å². The summed E-state index contributed by atoms with van der Waals surface area (Å²) >= 11 is 0. The summed E-state index contributed by atoms with van der Waals surface area (Å²) in [6.07, 6.45) is -1.05. The molecular formula is C33H50N8O13. The van der Waals surface area contributed by atoms with Crippen LogP contribution in [0.3, 0.4) is 0 Å². The van der Waals surface area contributed by atoms with Gasteiger partial charge in [-0.1, -0.05) is 13.8 Å². The van der Waals surface area contributed by atoms with Crippen molar-refractivity contribution < 1.29 is 62.2 Å². The molecular weight excluding hydrogens is 716 g/mol. The van der Waals surface area contributed by atoms with Crippen molar-refractivity contribution in [2.75, 3.05) is 59.7 Å². The zero-order chi connectivity index (χ0) is 40.2. The average Bonchev–Trinajstić information content (AvgIpc) is 3.51. The van der Waals surface area contributed by atoms with Crippen molar-refractivity contribution in [1.29, 1.82) is 0 Å². The van der Waals surface area contributed by atoms with E-state index in [0.717, 1.165) is 9.80 Å². The van der Waals surface area contributed by atoms with Crippen LogP contribution in [0, 0.1) is 11.8 Å². The normalized spacial score (nSPS) is 17.8. The van der Waals surface area contributed by atoms with Gasteiger partial charge in [0, 0.05) is 57.7 Å². The smallest absolute Gasteiger partial charge is 0.249 e. The van der Waals surface area contributed by atoms with Gasteiger partial charge < -0.3 is 36.1 Å². The van der Waals surface area contributed by atoms with E-state index >= 15 is 0 Å². The molecule has 300 valence electrons. The second-order valence-corrected chi connectivity index (χ2v) is 12.6. The molecule has 2 rings (SSSR count). The van der Waals surface area contributed by atoms with Crippen LogP contribution >= 0.6 is 0 Å². The summed E-state index contributed by atoms with van der Waals surface area (Å²) in [5.74, 6) is -5.93. The molecule has 0 aliphatic carbocycles. The molecule has 0 spiro atoms. The maximum Gasteiger partial charge on any atom is 0.249 e. The zero-order valence-electron chi connectivity index (χ0n) is 30.7. The summed E-state index contributed by atoms with van der Waals surface area (Å²) in [5, 5.41) is 14.1. The Balaban J connectivity index is 1.68. The lowest BCUT2D eigenvalue weighted by atomic mass is 10.1. The van der Waals surface area contributed by atoms with E-state index in [-0.39, 0.29) is 127 Å². The number of likely N-dealkylation sites (N-methyl/N-ethyl adjacent to an activating group) is 1. The van der Waals surface area contributed by atoms with Crippen molar-refractivity contribution in [2.45, 2.75) is 70.9 Å². The lowest BCUT2D eigenvalue weighted by Gasteiger charge is -2.18. The number of amides is 11. The molecule has 0 radical (unpaired) electrons. The number of nitrogens with one attached hydrogen (secondary N) is 6. The second kappa shape index (κ2) is 23.4.